The van der Waals surface area contributed by atoms with Gasteiger partial charge in [0, 0.05) is 23.3 Å². The maximum atomic E-state index is 12.0. The second kappa shape index (κ2) is 4.84. The quantitative estimate of drug-likeness (QED) is 0.908. The van der Waals surface area contributed by atoms with Crippen molar-refractivity contribution in [1.82, 2.24) is 0 Å². The summed E-state index contributed by atoms with van der Waals surface area (Å²) in [6.07, 6.45) is 0. The summed E-state index contributed by atoms with van der Waals surface area (Å²) in [7, 11) is -3.25. The van der Waals surface area contributed by atoms with E-state index in [4.69, 9.17) is 5.73 Å². The molecule has 0 saturated heterocycles. The van der Waals surface area contributed by atoms with Crippen molar-refractivity contribution in [3.8, 4) is 0 Å². The molecule has 1 heterocycles. The van der Waals surface area contributed by atoms with Crippen LogP contribution in [0, 0.1) is 0 Å². The first kappa shape index (κ1) is 12.7. The number of benzene rings is 1. The fourth-order valence-electron chi connectivity index (χ4n) is 1.98. The van der Waals surface area contributed by atoms with E-state index >= 15 is 0 Å². The van der Waals surface area contributed by atoms with Crippen molar-refractivity contribution < 1.29 is 8.42 Å². The largest absolute Gasteiger partial charge is 0.326 e. The third-order valence-corrected chi connectivity index (χ3v) is 5.19. The second-order valence-corrected chi connectivity index (χ2v) is 6.86. The summed E-state index contributed by atoms with van der Waals surface area (Å²) >= 11 is 1.72. The van der Waals surface area contributed by atoms with Gasteiger partial charge in [-0.2, -0.15) is 11.8 Å². The number of thioether (sulfide) groups is 1. The molecule has 17 heavy (non-hydrogen) atoms. The first-order chi connectivity index (χ1) is 8.10. The Morgan fingerprint density at radius 3 is 2.76 bits per heavy atom. The van der Waals surface area contributed by atoms with E-state index in [2.05, 4.69) is 6.92 Å². The summed E-state index contributed by atoms with van der Waals surface area (Å²) in [4.78, 5) is 0.409. The highest BCUT2D eigenvalue weighted by Crippen LogP contribution is 2.37. The smallest absolute Gasteiger partial charge is 0.200 e. The Kier molecular flexibility index (Phi) is 3.61. The van der Waals surface area contributed by atoms with Crippen molar-refractivity contribution in [3.63, 3.8) is 0 Å². The zero-order chi connectivity index (χ0) is 12.5. The Balaban J connectivity index is 2.55. The maximum Gasteiger partial charge on any atom is 0.200 e. The van der Waals surface area contributed by atoms with Crippen LogP contribution in [0.1, 0.15) is 18.1 Å². The van der Waals surface area contributed by atoms with E-state index in [0.717, 1.165) is 28.2 Å². The van der Waals surface area contributed by atoms with Gasteiger partial charge in [-0.15, -0.1) is 0 Å². The number of fused-ring (bicyclic) bond motifs is 1. The zero-order valence-corrected chi connectivity index (χ0v) is 11.3. The molecule has 0 radical (unpaired) electrons. The molecule has 2 N–H and O–H groups in total. The van der Waals surface area contributed by atoms with E-state index in [1.807, 2.05) is 6.07 Å². The Bertz CT molecular complexity index is 562. The van der Waals surface area contributed by atoms with Gasteiger partial charge in [-0.05, 0) is 23.0 Å². The van der Waals surface area contributed by atoms with Crippen molar-refractivity contribution in [2.45, 2.75) is 18.4 Å². The van der Waals surface area contributed by atoms with Crippen LogP contribution in [-0.4, -0.2) is 19.9 Å². The molecule has 0 atom stereocenters. The van der Waals surface area contributed by atoms with Gasteiger partial charge in [0.25, 0.3) is 0 Å². The fourth-order valence-corrected chi connectivity index (χ4v) is 4.25. The fraction of sp³-hybridized carbons (Fsp3) is 0.333. The minimum Gasteiger partial charge on any atom is -0.326 e. The molecule has 0 unspecified atom stereocenters. The molecule has 0 spiro atoms. The Morgan fingerprint density at radius 1 is 1.35 bits per heavy atom. The van der Waals surface area contributed by atoms with Gasteiger partial charge in [0.05, 0.1) is 4.90 Å². The van der Waals surface area contributed by atoms with Crippen LogP contribution in [0.5, 0.6) is 0 Å². The first-order valence-corrected chi connectivity index (χ1v) is 8.16. The van der Waals surface area contributed by atoms with Gasteiger partial charge < -0.3 is 5.73 Å². The Morgan fingerprint density at radius 2 is 2.12 bits per heavy atom. The predicted octanol–water partition coefficient (Wildman–Crippen LogP) is 2.03. The topological polar surface area (TPSA) is 60.2 Å². The molecule has 92 valence electrons. The molecule has 0 fully saturated rings. The average molecular weight is 269 g/mol. The van der Waals surface area contributed by atoms with Crippen LogP contribution < -0.4 is 5.73 Å². The summed E-state index contributed by atoms with van der Waals surface area (Å²) in [5.74, 6) is 1.69. The van der Waals surface area contributed by atoms with E-state index < -0.39 is 9.84 Å². The molecule has 5 heteroatoms. The molecule has 0 aromatic heterocycles. The minimum atomic E-state index is -3.25. The number of sulfone groups is 1. The normalized spacial score (nSPS) is 16.7. The van der Waals surface area contributed by atoms with Crippen LogP contribution in [0.2, 0.25) is 0 Å². The number of nitrogens with two attached hydrogens (primary N) is 1. The lowest BCUT2D eigenvalue weighted by atomic mass is 10.0. The van der Waals surface area contributed by atoms with Gasteiger partial charge in [-0.1, -0.05) is 19.1 Å². The van der Waals surface area contributed by atoms with E-state index in [-0.39, 0.29) is 0 Å². The van der Waals surface area contributed by atoms with Gasteiger partial charge in [-0.25, -0.2) is 8.42 Å². The monoisotopic (exact) mass is 269 g/mol. The van der Waals surface area contributed by atoms with Crippen molar-refractivity contribution in [2.24, 2.45) is 5.73 Å². The Labute approximate surface area is 106 Å². The van der Waals surface area contributed by atoms with E-state index in [0.29, 0.717) is 11.4 Å². The third-order valence-electron chi connectivity index (χ3n) is 2.72. The van der Waals surface area contributed by atoms with Gasteiger partial charge in [-0.3, -0.25) is 0 Å². The SMILES string of the molecule is CCSCC1=CS(=O)(=O)c2cccc(CN)c21. The lowest BCUT2D eigenvalue weighted by Crippen LogP contribution is -2.03. The minimum absolute atomic E-state index is 0.368. The predicted molar refractivity (Wildman–Crippen MR) is 72.5 cm³/mol. The molecule has 1 aliphatic heterocycles. The summed E-state index contributed by atoms with van der Waals surface area (Å²) in [6, 6.07) is 5.30. The van der Waals surface area contributed by atoms with Crippen molar-refractivity contribution in [1.29, 1.82) is 0 Å². The van der Waals surface area contributed by atoms with Gasteiger partial charge in [0.1, 0.15) is 0 Å². The van der Waals surface area contributed by atoms with Crippen LogP contribution in [0.15, 0.2) is 28.5 Å². The van der Waals surface area contributed by atoms with E-state index in [1.165, 1.54) is 5.41 Å². The van der Waals surface area contributed by atoms with Gasteiger partial charge in [0.15, 0.2) is 0 Å². The summed E-state index contributed by atoms with van der Waals surface area (Å²) in [5.41, 5.74) is 8.29. The lowest BCUT2D eigenvalue weighted by molar-refractivity contribution is 0.605. The Hall–Kier alpha value is -0.780. The maximum absolute atomic E-state index is 12.0. The highest BCUT2D eigenvalue weighted by molar-refractivity contribution is 8.00. The standard InChI is InChI=1S/C12H15NO2S2/c1-2-16-7-10-8-17(14,15)11-5-3-4-9(6-13)12(10)11/h3-5,8H,2,6-7,13H2,1H3. The molecule has 2 rings (SSSR count). The van der Waals surface area contributed by atoms with Gasteiger partial charge >= 0.3 is 0 Å². The van der Waals surface area contributed by atoms with E-state index in [1.54, 1.807) is 23.9 Å². The third kappa shape index (κ3) is 2.27. The molecular formula is C12H15NO2S2. The number of hydrogen-bond donors (Lipinski definition) is 1. The van der Waals surface area contributed by atoms with Crippen LogP contribution in [-0.2, 0) is 16.4 Å². The summed E-state index contributed by atoms with van der Waals surface area (Å²) in [6.45, 7) is 2.43. The first-order valence-electron chi connectivity index (χ1n) is 5.46. The lowest BCUT2D eigenvalue weighted by Gasteiger charge is -2.09. The molecule has 0 bridgehead atoms. The molecule has 0 aliphatic carbocycles. The average Bonchev–Trinajstić information content (AvgIpc) is 2.58. The van der Waals surface area contributed by atoms with Crippen LogP contribution in [0.25, 0.3) is 5.57 Å². The van der Waals surface area contributed by atoms with Crippen molar-refractivity contribution >= 4 is 27.2 Å². The summed E-state index contributed by atoms with van der Waals surface area (Å²) in [5, 5.41) is 1.39. The van der Waals surface area contributed by atoms with Crippen molar-refractivity contribution in [3.05, 3.63) is 34.7 Å². The van der Waals surface area contributed by atoms with E-state index in [9.17, 15) is 8.42 Å². The molecule has 1 aliphatic rings. The molecule has 0 saturated carbocycles. The molecule has 0 amide bonds. The number of rotatable bonds is 4. The molecule has 1 aromatic carbocycles. The highest BCUT2D eigenvalue weighted by Gasteiger charge is 2.28. The molecular weight excluding hydrogens is 254 g/mol. The van der Waals surface area contributed by atoms with Crippen LogP contribution in [0.4, 0.5) is 0 Å². The molecule has 1 aromatic rings. The van der Waals surface area contributed by atoms with Gasteiger partial charge in [0.2, 0.25) is 9.84 Å². The molecule has 3 nitrogen and oxygen atoms in total. The summed E-state index contributed by atoms with van der Waals surface area (Å²) < 4.78 is 23.9. The van der Waals surface area contributed by atoms with Crippen LogP contribution in [0.3, 0.4) is 0 Å². The number of hydrogen-bond acceptors (Lipinski definition) is 4. The van der Waals surface area contributed by atoms with Crippen LogP contribution >= 0.6 is 11.8 Å². The second-order valence-electron chi connectivity index (χ2n) is 3.82. The van der Waals surface area contributed by atoms with Crippen molar-refractivity contribution in [2.75, 3.05) is 11.5 Å². The zero-order valence-electron chi connectivity index (χ0n) is 9.64. The highest BCUT2D eigenvalue weighted by atomic mass is 32.2.